The van der Waals surface area contributed by atoms with Crippen molar-refractivity contribution < 1.29 is 14.6 Å². The molecule has 0 saturated heterocycles. The summed E-state index contributed by atoms with van der Waals surface area (Å²) in [5, 5.41) is 9.28. The van der Waals surface area contributed by atoms with Crippen LogP contribution in [0.5, 0.6) is 0 Å². The van der Waals surface area contributed by atoms with Gasteiger partial charge in [0.25, 0.3) is 0 Å². The predicted octanol–water partition coefficient (Wildman–Crippen LogP) is 5.65. The van der Waals surface area contributed by atoms with Crippen molar-refractivity contribution in [3.63, 3.8) is 0 Å². The zero-order chi connectivity index (χ0) is 18.8. The van der Waals surface area contributed by atoms with E-state index in [1.54, 1.807) is 12.2 Å². The average Bonchev–Trinajstić information content (AvgIpc) is 2.66. The first-order valence-electron chi connectivity index (χ1n) is 9.97. The lowest BCUT2D eigenvalue weighted by Crippen LogP contribution is -2.30. The van der Waals surface area contributed by atoms with Crippen molar-refractivity contribution in [3.8, 4) is 0 Å². The van der Waals surface area contributed by atoms with Crippen LogP contribution in [0.15, 0.2) is 48.6 Å². The second kappa shape index (κ2) is 10.3. The lowest BCUT2D eigenvalue weighted by molar-refractivity contribution is -0.138. The maximum Gasteiger partial charge on any atom is 0.314 e. The van der Waals surface area contributed by atoms with Gasteiger partial charge in [-0.3, -0.25) is 4.79 Å². The Kier molecular flexibility index (Phi) is 8.11. The van der Waals surface area contributed by atoms with E-state index in [0.717, 1.165) is 37.7 Å². The third-order valence-corrected chi connectivity index (χ3v) is 4.96. The maximum atomic E-state index is 11.3. The fourth-order valence-electron chi connectivity index (χ4n) is 3.41. The van der Waals surface area contributed by atoms with Gasteiger partial charge in [-0.1, -0.05) is 75.9 Å². The molecule has 1 aliphatic rings. The minimum absolute atomic E-state index is 0.574. The summed E-state index contributed by atoms with van der Waals surface area (Å²) in [5.74, 6) is -1.40. The van der Waals surface area contributed by atoms with Gasteiger partial charge in [-0.25, -0.2) is 0 Å². The first-order valence-corrected chi connectivity index (χ1v) is 9.97. The monoisotopic (exact) mass is 356 g/mol. The Bertz CT molecular complexity index is 616. The molecule has 26 heavy (non-hydrogen) atoms. The van der Waals surface area contributed by atoms with Gasteiger partial charge in [0.05, 0.1) is 5.92 Å². The smallest absolute Gasteiger partial charge is 0.314 e. The normalized spacial score (nSPS) is 21.8. The number of carboxylic acid groups (broad SMARTS) is 1. The molecule has 1 aliphatic carbocycles. The summed E-state index contributed by atoms with van der Waals surface area (Å²) in [6.45, 7) is 5.06. The number of rotatable bonds is 11. The van der Waals surface area contributed by atoms with Crippen molar-refractivity contribution in [2.75, 3.05) is 6.61 Å². The van der Waals surface area contributed by atoms with Gasteiger partial charge < -0.3 is 9.84 Å². The summed E-state index contributed by atoms with van der Waals surface area (Å²) >= 11 is 0. The van der Waals surface area contributed by atoms with Crippen LogP contribution in [0.2, 0.25) is 0 Å². The van der Waals surface area contributed by atoms with Crippen molar-refractivity contribution in [3.05, 3.63) is 59.7 Å². The minimum Gasteiger partial charge on any atom is -0.481 e. The SMILES string of the molecule is CCCCCOC1(c2ccccc2CCCCC)C=CC(C(=O)O)C=C1. The quantitative estimate of drug-likeness (QED) is 0.412. The number of benzene rings is 1. The van der Waals surface area contributed by atoms with Gasteiger partial charge in [0.2, 0.25) is 0 Å². The highest BCUT2D eigenvalue weighted by atomic mass is 16.5. The Morgan fingerprint density at radius 3 is 2.35 bits per heavy atom. The Labute approximate surface area is 157 Å². The van der Waals surface area contributed by atoms with Gasteiger partial charge in [0, 0.05) is 6.61 Å². The van der Waals surface area contributed by atoms with E-state index < -0.39 is 17.5 Å². The van der Waals surface area contributed by atoms with Crippen LogP contribution in [-0.2, 0) is 21.6 Å². The predicted molar refractivity (Wildman–Crippen MR) is 106 cm³/mol. The topological polar surface area (TPSA) is 46.5 Å². The number of carbonyl (C=O) groups is 1. The Morgan fingerprint density at radius 1 is 1.04 bits per heavy atom. The molecule has 0 radical (unpaired) electrons. The van der Waals surface area contributed by atoms with Crippen LogP contribution < -0.4 is 0 Å². The minimum atomic E-state index is -0.826. The molecule has 2 rings (SSSR count). The molecule has 0 fully saturated rings. The van der Waals surface area contributed by atoms with Crippen LogP contribution in [0, 0.1) is 5.92 Å². The lowest BCUT2D eigenvalue weighted by atomic mass is 9.82. The van der Waals surface area contributed by atoms with E-state index in [1.165, 1.54) is 18.4 Å². The molecule has 0 spiro atoms. The Balaban J connectivity index is 2.28. The first kappa shape index (κ1) is 20.4. The van der Waals surface area contributed by atoms with Crippen LogP contribution in [0.1, 0.15) is 63.5 Å². The van der Waals surface area contributed by atoms with Gasteiger partial charge in [-0.05, 0) is 42.5 Å². The van der Waals surface area contributed by atoms with Crippen molar-refractivity contribution in [2.45, 2.75) is 64.4 Å². The molecule has 0 bridgehead atoms. The fourth-order valence-corrected chi connectivity index (χ4v) is 3.41. The summed E-state index contributed by atoms with van der Waals surface area (Å²) in [7, 11) is 0. The maximum absolute atomic E-state index is 11.3. The molecule has 0 atom stereocenters. The number of carboxylic acids is 1. The van der Waals surface area contributed by atoms with Crippen LogP contribution in [-0.4, -0.2) is 17.7 Å². The van der Waals surface area contributed by atoms with E-state index >= 15 is 0 Å². The molecule has 3 nitrogen and oxygen atoms in total. The molecule has 0 saturated carbocycles. The van der Waals surface area contributed by atoms with Crippen molar-refractivity contribution in [1.29, 1.82) is 0 Å². The molecule has 1 aromatic rings. The van der Waals surface area contributed by atoms with Crippen LogP contribution >= 0.6 is 0 Å². The van der Waals surface area contributed by atoms with Gasteiger partial charge >= 0.3 is 5.97 Å². The van der Waals surface area contributed by atoms with E-state index in [4.69, 9.17) is 4.74 Å². The number of hydrogen-bond acceptors (Lipinski definition) is 2. The third-order valence-electron chi connectivity index (χ3n) is 4.96. The molecule has 0 aliphatic heterocycles. The standard InChI is InChI=1S/C23H32O3/c1-3-5-7-11-19-12-8-9-13-21(19)23(26-18-10-6-4-2)16-14-20(15-17-23)22(24)25/h8-9,12-17,20H,3-7,10-11,18H2,1-2H3,(H,24,25). The molecule has 0 aromatic heterocycles. The second-order valence-electron chi connectivity index (χ2n) is 7.05. The number of hydrogen-bond donors (Lipinski definition) is 1. The number of unbranched alkanes of at least 4 members (excludes halogenated alkanes) is 4. The van der Waals surface area contributed by atoms with Crippen LogP contribution in [0.4, 0.5) is 0 Å². The van der Waals surface area contributed by atoms with E-state index in [1.807, 2.05) is 18.2 Å². The first-order chi connectivity index (χ1) is 12.6. The highest BCUT2D eigenvalue weighted by Gasteiger charge is 2.33. The fraction of sp³-hybridized carbons (Fsp3) is 0.522. The van der Waals surface area contributed by atoms with E-state index in [-0.39, 0.29) is 0 Å². The zero-order valence-corrected chi connectivity index (χ0v) is 16.1. The number of ether oxygens (including phenoxy) is 1. The Hall–Kier alpha value is -1.87. The van der Waals surface area contributed by atoms with Gasteiger partial charge in [-0.15, -0.1) is 0 Å². The van der Waals surface area contributed by atoms with E-state index in [9.17, 15) is 9.90 Å². The molecule has 1 aromatic carbocycles. The largest absolute Gasteiger partial charge is 0.481 e. The summed E-state index contributed by atoms with van der Waals surface area (Å²) in [6, 6.07) is 8.41. The molecule has 0 amide bonds. The number of aryl methyl sites for hydroxylation is 1. The van der Waals surface area contributed by atoms with E-state index in [2.05, 4.69) is 32.0 Å². The lowest BCUT2D eigenvalue weighted by Gasteiger charge is -2.33. The molecule has 0 unspecified atom stereocenters. The van der Waals surface area contributed by atoms with Crippen LogP contribution in [0.25, 0.3) is 0 Å². The molecular formula is C23H32O3. The van der Waals surface area contributed by atoms with Crippen molar-refractivity contribution in [1.82, 2.24) is 0 Å². The Morgan fingerprint density at radius 2 is 1.69 bits per heavy atom. The highest BCUT2D eigenvalue weighted by molar-refractivity contribution is 5.75. The van der Waals surface area contributed by atoms with Gasteiger partial charge in [0.15, 0.2) is 0 Å². The summed E-state index contributed by atoms with van der Waals surface area (Å²) in [5.41, 5.74) is 1.78. The summed E-state index contributed by atoms with van der Waals surface area (Å²) < 4.78 is 6.37. The van der Waals surface area contributed by atoms with Crippen molar-refractivity contribution >= 4 is 5.97 Å². The summed E-state index contributed by atoms with van der Waals surface area (Å²) in [4.78, 5) is 11.3. The summed E-state index contributed by atoms with van der Waals surface area (Å²) in [6.07, 6.45) is 15.3. The molecule has 142 valence electrons. The van der Waals surface area contributed by atoms with E-state index in [0.29, 0.717) is 6.61 Å². The number of aliphatic carboxylic acids is 1. The van der Waals surface area contributed by atoms with Crippen LogP contribution in [0.3, 0.4) is 0 Å². The molecule has 1 N–H and O–H groups in total. The zero-order valence-electron chi connectivity index (χ0n) is 16.1. The molecule has 0 heterocycles. The average molecular weight is 357 g/mol. The van der Waals surface area contributed by atoms with Gasteiger partial charge in [0.1, 0.15) is 5.60 Å². The van der Waals surface area contributed by atoms with Gasteiger partial charge in [-0.2, -0.15) is 0 Å². The molecular weight excluding hydrogens is 324 g/mol. The second-order valence-corrected chi connectivity index (χ2v) is 7.05. The third kappa shape index (κ3) is 5.31. The highest BCUT2D eigenvalue weighted by Crippen LogP contribution is 2.36. The molecule has 3 heteroatoms. The van der Waals surface area contributed by atoms with Crippen molar-refractivity contribution in [2.24, 2.45) is 5.92 Å².